The fourth-order valence-corrected chi connectivity index (χ4v) is 4.67. The lowest BCUT2D eigenvalue weighted by molar-refractivity contribution is -0.199. The number of thiophene rings is 1. The third kappa shape index (κ3) is 3.60. The van der Waals surface area contributed by atoms with Crippen LogP contribution >= 0.6 is 11.3 Å². The molecule has 4 heterocycles. The average molecular weight is 336 g/mol. The van der Waals surface area contributed by atoms with Crippen molar-refractivity contribution in [2.24, 2.45) is 5.92 Å². The second-order valence-corrected chi connectivity index (χ2v) is 7.84. The largest absolute Gasteiger partial charge is 0.373 e. The summed E-state index contributed by atoms with van der Waals surface area (Å²) in [6.07, 6.45) is 3.94. The number of hydroxylamine groups is 2. The Balaban J connectivity index is 1.24. The molecule has 4 rings (SSSR count). The molecule has 0 radical (unpaired) electrons. The molecule has 3 aliphatic rings. The Bertz CT molecular complexity index is 516. The standard InChI is InChI=1S/C17H24N2O3S/c20-17(19-5-1-2-6-21-19)9-14-8-13-10-18(12-16(13)22-14)11-15-4-3-7-23-15/h3-4,7,13-14,16H,1-2,5-6,8-12H2/t13-,14-,16+/m0/s1. The quantitative estimate of drug-likeness (QED) is 0.846. The summed E-state index contributed by atoms with van der Waals surface area (Å²) in [7, 11) is 0. The van der Waals surface area contributed by atoms with E-state index in [0.717, 1.165) is 45.4 Å². The summed E-state index contributed by atoms with van der Waals surface area (Å²) >= 11 is 1.82. The second kappa shape index (κ2) is 6.89. The number of hydrogen-bond acceptors (Lipinski definition) is 5. The molecule has 126 valence electrons. The summed E-state index contributed by atoms with van der Waals surface area (Å²) in [6, 6.07) is 4.30. The number of nitrogens with zero attached hydrogens (tertiary/aromatic N) is 2. The highest BCUT2D eigenvalue weighted by molar-refractivity contribution is 7.09. The van der Waals surface area contributed by atoms with Gasteiger partial charge in [-0.1, -0.05) is 6.07 Å². The summed E-state index contributed by atoms with van der Waals surface area (Å²) in [5.41, 5.74) is 0. The fraction of sp³-hybridized carbons (Fsp3) is 0.706. The Morgan fingerprint density at radius 2 is 2.30 bits per heavy atom. The Morgan fingerprint density at radius 3 is 3.04 bits per heavy atom. The van der Waals surface area contributed by atoms with E-state index in [-0.39, 0.29) is 12.0 Å². The molecule has 0 spiro atoms. The molecule has 0 bridgehead atoms. The summed E-state index contributed by atoms with van der Waals surface area (Å²) in [5.74, 6) is 0.667. The Kier molecular flexibility index (Phi) is 4.66. The van der Waals surface area contributed by atoms with E-state index in [0.29, 0.717) is 25.0 Å². The lowest BCUT2D eigenvalue weighted by Crippen LogP contribution is -2.37. The van der Waals surface area contributed by atoms with Crippen molar-refractivity contribution in [3.8, 4) is 0 Å². The van der Waals surface area contributed by atoms with Crippen LogP contribution in [0.25, 0.3) is 0 Å². The third-order valence-corrected chi connectivity index (χ3v) is 5.89. The number of fused-ring (bicyclic) bond motifs is 1. The lowest BCUT2D eigenvalue weighted by Gasteiger charge is -2.27. The minimum atomic E-state index is 0.0758. The van der Waals surface area contributed by atoms with Crippen molar-refractivity contribution in [3.05, 3.63) is 22.4 Å². The van der Waals surface area contributed by atoms with Crippen LogP contribution in [0.3, 0.4) is 0 Å². The molecule has 0 N–H and O–H groups in total. The van der Waals surface area contributed by atoms with E-state index in [4.69, 9.17) is 9.57 Å². The van der Waals surface area contributed by atoms with Crippen LogP contribution in [0, 0.1) is 5.92 Å². The monoisotopic (exact) mass is 336 g/mol. The van der Waals surface area contributed by atoms with Crippen LogP contribution in [-0.4, -0.2) is 54.3 Å². The zero-order valence-electron chi connectivity index (χ0n) is 13.4. The van der Waals surface area contributed by atoms with Gasteiger partial charge in [-0.25, -0.2) is 5.06 Å². The van der Waals surface area contributed by atoms with Gasteiger partial charge in [-0.15, -0.1) is 11.3 Å². The number of rotatable bonds is 4. The van der Waals surface area contributed by atoms with Gasteiger partial charge in [-0.05, 0) is 30.7 Å². The van der Waals surface area contributed by atoms with Crippen LogP contribution < -0.4 is 0 Å². The van der Waals surface area contributed by atoms with Gasteiger partial charge in [-0.3, -0.25) is 14.5 Å². The zero-order valence-corrected chi connectivity index (χ0v) is 14.2. The highest BCUT2D eigenvalue weighted by Gasteiger charge is 2.42. The van der Waals surface area contributed by atoms with Gasteiger partial charge in [0.25, 0.3) is 0 Å². The normalized spacial score (nSPS) is 31.5. The maximum atomic E-state index is 12.3. The van der Waals surface area contributed by atoms with E-state index in [9.17, 15) is 4.79 Å². The van der Waals surface area contributed by atoms with Gasteiger partial charge in [-0.2, -0.15) is 0 Å². The lowest BCUT2D eigenvalue weighted by atomic mass is 10.0. The van der Waals surface area contributed by atoms with Crippen LogP contribution in [0.15, 0.2) is 17.5 Å². The first-order valence-corrected chi connectivity index (χ1v) is 9.49. The van der Waals surface area contributed by atoms with E-state index in [1.165, 1.54) is 4.88 Å². The molecule has 1 amide bonds. The van der Waals surface area contributed by atoms with Crippen LogP contribution in [0.1, 0.15) is 30.6 Å². The molecule has 0 saturated carbocycles. The maximum absolute atomic E-state index is 12.3. The first-order valence-electron chi connectivity index (χ1n) is 8.61. The predicted octanol–water partition coefficient (Wildman–Crippen LogP) is 2.28. The molecular formula is C17H24N2O3S. The summed E-state index contributed by atoms with van der Waals surface area (Å²) in [4.78, 5) is 21.6. The van der Waals surface area contributed by atoms with Gasteiger partial charge in [0.1, 0.15) is 0 Å². The number of ether oxygens (including phenoxy) is 1. The highest BCUT2D eigenvalue weighted by atomic mass is 32.1. The topological polar surface area (TPSA) is 42.0 Å². The van der Waals surface area contributed by atoms with E-state index >= 15 is 0 Å². The first-order chi connectivity index (χ1) is 11.3. The van der Waals surface area contributed by atoms with E-state index in [2.05, 4.69) is 22.4 Å². The Labute approximate surface area is 141 Å². The minimum absolute atomic E-state index is 0.0758. The van der Waals surface area contributed by atoms with Crippen molar-refractivity contribution in [1.82, 2.24) is 9.96 Å². The van der Waals surface area contributed by atoms with Crippen LogP contribution in [0.4, 0.5) is 0 Å². The molecule has 3 atom stereocenters. The van der Waals surface area contributed by atoms with Crippen molar-refractivity contribution in [3.63, 3.8) is 0 Å². The molecule has 1 aromatic heterocycles. The average Bonchev–Trinajstić information content (AvgIpc) is 3.25. The van der Waals surface area contributed by atoms with Crippen molar-refractivity contribution in [1.29, 1.82) is 0 Å². The minimum Gasteiger partial charge on any atom is -0.373 e. The fourth-order valence-electron chi connectivity index (χ4n) is 3.92. The van der Waals surface area contributed by atoms with E-state index < -0.39 is 0 Å². The molecule has 5 nitrogen and oxygen atoms in total. The van der Waals surface area contributed by atoms with Crippen molar-refractivity contribution < 1.29 is 14.4 Å². The van der Waals surface area contributed by atoms with Crippen molar-refractivity contribution >= 4 is 17.2 Å². The van der Waals surface area contributed by atoms with Crippen LogP contribution in [-0.2, 0) is 20.9 Å². The predicted molar refractivity (Wildman–Crippen MR) is 87.9 cm³/mol. The van der Waals surface area contributed by atoms with Gasteiger partial charge in [0.05, 0.1) is 25.2 Å². The molecule has 0 unspecified atom stereocenters. The molecule has 1 aromatic rings. The van der Waals surface area contributed by atoms with Gasteiger partial charge in [0.15, 0.2) is 0 Å². The highest BCUT2D eigenvalue weighted by Crippen LogP contribution is 2.35. The van der Waals surface area contributed by atoms with Gasteiger partial charge in [0.2, 0.25) is 5.91 Å². The molecule has 3 saturated heterocycles. The molecule has 0 aliphatic carbocycles. The number of likely N-dealkylation sites (tertiary alicyclic amines) is 1. The van der Waals surface area contributed by atoms with Crippen LogP contribution in [0.2, 0.25) is 0 Å². The van der Waals surface area contributed by atoms with Crippen molar-refractivity contribution in [2.45, 2.75) is 44.4 Å². The van der Waals surface area contributed by atoms with Gasteiger partial charge in [0, 0.05) is 37.0 Å². The summed E-state index contributed by atoms with van der Waals surface area (Å²) in [5, 5.41) is 3.68. The second-order valence-electron chi connectivity index (χ2n) is 6.81. The smallest absolute Gasteiger partial charge is 0.248 e. The molecule has 3 fully saturated rings. The summed E-state index contributed by atoms with van der Waals surface area (Å²) < 4.78 is 6.15. The molecule has 23 heavy (non-hydrogen) atoms. The van der Waals surface area contributed by atoms with Crippen LogP contribution in [0.5, 0.6) is 0 Å². The maximum Gasteiger partial charge on any atom is 0.248 e. The van der Waals surface area contributed by atoms with Gasteiger partial charge >= 0.3 is 0 Å². The SMILES string of the molecule is O=C(C[C@@H]1C[C@H]2CN(Cc3cccs3)C[C@H]2O1)N1CCCCO1. The van der Waals surface area contributed by atoms with E-state index in [1.54, 1.807) is 5.06 Å². The third-order valence-electron chi connectivity index (χ3n) is 5.03. The molecule has 0 aromatic carbocycles. The molecular weight excluding hydrogens is 312 g/mol. The van der Waals surface area contributed by atoms with Gasteiger partial charge < -0.3 is 4.74 Å². The Hall–Kier alpha value is -0.950. The summed E-state index contributed by atoms with van der Waals surface area (Å²) in [6.45, 7) is 4.51. The van der Waals surface area contributed by atoms with E-state index in [1.807, 2.05) is 11.3 Å². The number of hydrogen-bond donors (Lipinski definition) is 0. The Morgan fingerprint density at radius 1 is 1.35 bits per heavy atom. The number of amides is 1. The zero-order chi connectivity index (χ0) is 15.6. The first kappa shape index (κ1) is 15.6. The number of carbonyl (C=O) groups excluding carboxylic acids is 1. The van der Waals surface area contributed by atoms with Crippen molar-refractivity contribution in [2.75, 3.05) is 26.2 Å². The number of carbonyl (C=O) groups is 1. The molecule has 3 aliphatic heterocycles. The molecule has 6 heteroatoms.